The van der Waals surface area contributed by atoms with Gasteiger partial charge in [-0.3, -0.25) is 15.3 Å². The van der Waals surface area contributed by atoms with Gasteiger partial charge in [-0.2, -0.15) is 13.2 Å². The van der Waals surface area contributed by atoms with E-state index in [2.05, 4.69) is 15.3 Å². The molecule has 34 heavy (non-hydrogen) atoms. The van der Waals surface area contributed by atoms with Crippen molar-refractivity contribution in [2.24, 2.45) is 0 Å². The largest absolute Gasteiger partial charge is 0.416 e. The Morgan fingerprint density at radius 1 is 0.824 bits per heavy atom. The van der Waals surface area contributed by atoms with Crippen LogP contribution in [0.5, 0.6) is 0 Å². The summed E-state index contributed by atoms with van der Waals surface area (Å²) < 4.78 is 55.5. The fourth-order valence-electron chi connectivity index (χ4n) is 3.87. The summed E-state index contributed by atoms with van der Waals surface area (Å²) in [6.07, 6.45) is -1.47. The lowest BCUT2D eigenvalue weighted by atomic mass is 9.79. The SMILES string of the molecule is Fc1cc(C(F)(F)F)cc(C(Cc2ccccc2)(NCc2ccccn2)c2ccc(Cl)cn2)c1. The number of rotatable bonds is 7. The van der Waals surface area contributed by atoms with E-state index in [1.54, 1.807) is 30.5 Å². The number of aromatic nitrogens is 2. The Morgan fingerprint density at radius 2 is 1.56 bits per heavy atom. The summed E-state index contributed by atoms with van der Waals surface area (Å²) in [7, 11) is 0. The highest BCUT2D eigenvalue weighted by atomic mass is 35.5. The molecule has 0 saturated heterocycles. The molecule has 0 bridgehead atoms. The molecule has 0 aliphatic rings. The maximum absolute atomic E-state index is 14.6. The molecule has 1 unspecified atom stereocenters. The molecule has 1 N–H and O–H groups in total. The normalized spacial score (nSPS) is 13.4. The molecule has 0 amide bonds. The average molecular weight is 486 g/mol. The van der Waals surface area contributed by atoms with Crippen molar-refractivity contribution in [3.05, 3.63) is 130 Å². The van der Waals surface area contributed by atoms with Crippen LogP contribution in [0.15, 0.2) is 91.3 Å². The molecule has 2 aromatic heterocycles. The molecule has 1 atom stereocenters. The number of nitrogens with one attached hydrogen (secondary N) is 1. The van der Waals surface area contributed by atoms with Crippen molar-refractivity contribution in [3.8, 4) is 0 Å². The number of nitrogens with zero attached hydrogens (tertiary/aromatic N) is 2. The Kier molecular flexibility index (Phi) is 6.95. The van der Waals surface area contributed by atoms with Crippen LogP contribution < -0.4 is 5.32 Å². The maximum atomic E-state index is 14.6. The molecule has 2 aromatic carbocycles. The van der Waals surface area contributed by atoms with Crippen molar-refractivity contribution in [3.63, 3.8) is 0 Å². The van der Waals surface area contributed by atoms with Gasteiger partial charge in [0.05, 0.1) is 27.5 Å². The van der Waals surface area contributed by atoms with Crippen LogP contribution in [0.3, 0.4) is 0 Å². The minimum Gasteiger partial charge on any atom is -0.296 e. The third kappa shape index (κ3) is 5.43. The van der Waals surface area contributed by atoms with E-state index < -0.39 is 23.1 Å². The Labute approximate surface area is 199 Å². The first-order valence-electron chi connectivity index (χ1n) is 10.5. The minimum atomic E-state index is -4.72. The molecule has 0 radical (unpaired) electrons. The highest BCUT2D eigenvalue weighted by molar-refractivity contribution is 6.30. The van der Waals surface area contributed by atoms with E-state index in [0.29, 0.717) is 22.5 Å². The zero-order chi connectivity index (χ0) is 24.2. The summed E-state index contributed by atoms with van der Waals surface area (Å²) in [5.41, 5.74) is -0.406. The van der Waals surface area contributed by atoms with Crippen LogP contribution in [-0.4, -0.2) is 9.97 Å². The number of benzene rings is 2. The van der Waals surface area contributed by atoms with Crippen LogP contribution in [-0.2, 0) is 24.7 Å². The molecule has 0 spiro atoms. The quantitative estimate of drug-likeness (QED) is 0.301. The van der Waals surface area contributed by atoms with E-state index in [1.165, 1.54) is 6.20 Å². The monoisotopic (exact) mass is 485 g/mol. The molecule has 0 fully saturated rings. The Morgan fingerprint density at radius 3 is 2.21 bits per heavy atom. The number of hydrogen-bond donors (Lipinski definition) is 1. The third-order valence-corrected chi connectivity index (χ3v) is 5.72. The van der Waals surface area contributed by atoms with Crippen molar-refractivity contribution in [1.82, 2.24) is 15.3 Å². The molecule has 0 aliphatic carbocycles. The van der Waals surface area contributed by atoms with Crippen LogP contribution in [0.1, 0.15) is 28.1 Å². The first kappa shape index (κ1) is 23.9. The topological polar surface area (TPSA) is 37.8 Å². The number of alkyl halides is 3. The van der Waals surface area contributed by atoms with E-state index in [-0.39, 0.29) is 18.5 Å². The highest BCUT2D eigenvalue weighted by Gasteiger charge is 2.39. The molecule has 2 heterocycles. The standard InChI is InChI=1S/C26H20ClF4N3/c27-21-9-10-24(33-16-21)25(15-18-6-2-1-3-7-18,34-17-23-8-4-5-11-32-23)19-12-20(26(29,30)31)14-22(28)13-19/h1-14,16,34H,15,17H2. The third-order valence-electron chi connectivity index (χ3n) is 5.49. The summed E-state index contributed by atoms with van der Waals surface area (Å²) in [4.78, 5) is 8.75. The average Bonchev–Trinajstić information content (AvgIpc) is 2.83. The van der Waals surface area contributed by atoms with E-state index in [4.69, 9.17) is 11.6 Å². The first-order chi connectivity index (χ1) is 16.3. The summed E-state index contributed by atoms with van der Waals surface area (Å²) in [6.45, 7) is 0.204. The molecular weight excluding hydrogens is 466 g/mol. The molecule has 4 rings (SSSR count). The van der Waals surface area contributed by atoms with Crippen LogP contribution >= 0.6 is 11.6 Å². The lowest BCUT2D eigenvalue weighted by molar-refractivity contribution is -0.137. The van der Waals surface area contributed by atoms with Gasteiger partial charge in [0.15, 0.2) is 0 Å². The summed E-state index contributed by atoms with van der Waals surface area (Å²) in [5, 5.41) is 3.73. The van der Waals surface area contributed by atoms with Crippen molar-refractivity contribution in [1.29, 1.82) is 0 Å². The zero-order valence-electron chi connectivity index (χ0n) is 17.9. The highest BCUT2D eigenvalue weighted by Crippen LogP contribution is 2.38. The molecule has 4 aromatic rings. The van der Waals surface area contributed by atoms with Gasteiger partial charge in [-0.15, -0.1) is 0 Å². The van der Waals surface area contributed by atoms with E-state index >= 15 is 0 Å². The smallest absolute Gasteiger partial charge is 0.296 e. The molecule has 0 saturated carbocycles. The van der Waals surface area contributed by atoms with Crippen LogP contribution in [0.4, 0.5) is 17.6 Å². The molecular formula is C26H20ClF4N3. The fraction of sp³-hybridized carbons (Fsp3) is 0.154. The Balaban J connectivity index is 1.93. The number of halogens is 5. The van der Waals surface area contributed by atoms with Crippen molar-refractivity contribution >= 4 is 11.6 Å². The number of hydrogen-bond acceptors (Lipinski definition) is 3. The van der Waals surface area contributed by atoms with Gasteiger partial charge in [-0.25, -0.2) is 4.39 Å². The molecule has 174 valence electrons. The van der Waals surface area contributed by atoms with Crippen molar-refractivity contribution in [2.45, 2.75) is 24.7 Å². The Bertz CT molecular complexity index is 1230. The van der Waals surface area contributed by atoms with Crippen LogP contribution in [0, 0.1) is 5.82 Å². The van der Waals surface area contributed by atoms with Gasteiger partial charge >= 0.3 is 6.18 Å². The number of pyridine rings is 2. The second-order valence-corrected chi connectivity index (χ2v) is 8.27. The molecule has 3 nitrogen and oxygen atoms in total. The predicted molar refractivity (Wildman–Crippen MR) is 123 cm³/mol. The van der Waals surface area contributed by atoms with Gasteiger partial charge in [-0.1, -0.05) is 48.0 Å². The molecule has 8 heteroatoms. The lowest BCUT2D eigenvalue weighted by Gasteiger charge is -2.36. The predicted octanol–water partition coefficient (Wildman–Crippen LogP) is 6.56. The summed E-state index contributed by atoms with van der Waals surface area (Å²) in [6, 6.07) is 20.4. The van der Waals surface area contributed by atoms with Gasteiger partial charge in [0.1, 0.15) is 5.82 Å². The maximum Gasteiger partial charge on any atom is 0.416 e. The second kappa shape index (κ2) is 9.91. The van der Waals surface area contributed by atoms with E-state index in [0.717, 1.165) is 17.7 Å². The minimum absolute atomic E-state index is 0.0921. The Hall–Kier alpha value is -3.29. The first-order valence-corrected chi connectivity index (χ1v) is 10.8. The fourth-order valence-corrected chi connectivity index (χ4v) is 3.98. The van der Waals surface area contributed by atoms with Crippen molar-refractivity contribution in [2.75, 3.05) is 0 Å². The van der Waals surface area contributed by atoms with Gasteiger partial charge in [0.2, 0.25) is 0 Å². The second-order valence-electron chi connectivity index (χ2n) is 7.83. The summed E-state index contributed by atoms with van der Waals surface area (Å²) >= 11 is 6.05. The molecule has 0 aliphatic heterocycles. The van der Waals surface area contributed by atoms with Crippen LogP contribution in [0.25, 0.3) is 0 Å². The zero-order valence-corrected chi connectivity index (χ0v) is 18.6. The van der Waals surface area contributed by atoms with E-state index in [1.807, 2.05) is 36.4 Å². The van der Waals surface area contributed by atoms with Gasteiger partial charge in [0, 0.05) is 25.4 Å². The van der Waals surface area contributed by atoms with Gasteiger partial charge < -0.3 is 0 Å². The van der Waals surface area contributed by atoms with Gasteiger partial charge in [-0.05, 0) is 53.6 Å². The van der Waals surface area contributed by atoms with E-state index in [9.17, 15) is 17.6 Å². The summed E-state index contributed by atoms with van der Waals surface area (Å²) in [5.74, 6) is -0.990. The van der Waals surface area contributed by atoms with Gasteiger partial charge in [0.25, 0.3) is 0 Å². The van der Waals surface area contributed by atoms with Crippen LogP contribution in [0.2, 0.25) is 5.02 Å². The van der Waals surface area contributed by atoms with Crippen molar-refractivity contribution < 1.29 is 17.6 Å². The lowest BCUT2D eigenvalue weighted by Crippen LogP contribution is -2.46.